The molecular weight excluding hydrogens is 414 g/mol. The maximum Gasteiger partial charge on any atom is 0.196 e. The number of aromatic nitrogens is 2. The molecular formula is C24H18F2N4O2. The van der Waals surface area contributed by atoms with Crippen LogP contribution in [0.15, 0.2) is 52.2 Å². The van der Waals surface area contributed by atoms with E-state index < -0.39 is 23.2 Å². The largest absolute Gasteiger partial charge is 0.455 e. The second-order valence-corrected chi connectivity index (χ2v) is 7.51. The molecule has 32 heavy (non-hydrogen) atoms. The highest BCUT2D eigenvalue weighted by molar-refractivity contribution is 5.84. The van der Waals surface area contributed by atoms with E-state index in [0.717, 1.165) is 11.6 Å². The molecule has 0 saturated carbocycles. The molecule has 8 heteroatoms. The van der Waals surface area contributed by atoms with Crippen molar-refractivity contribution in [3.05, 3.63) is 87.1 Å². The number of halogens is 2. The number of hydrogen-bond donors (Lipinski definition) is 1. The molecule has 1 N–H and O–H groups in total. The number of benzene rings is 2. The molecule has 0 radical (unpaired) electrons. The minimum atomic E-state index is -1.22. The average molecular weight is 432 g/mol. The number of rotatable bonds is 4. The van der Waals surface area contributed by atoms with Crippen LogP contribution in [0.5, 0.6) is 0 Å². The summed E-state index contributed by atoms with van der Waals surface area (Å²) >= 11 is 0. The Balaban J connectivity index is 1.90. The summed E-state index contributed by atoms with van der Waals surface area (Å²) in [5, 5.41) is 12.7. The SMILES string of the molecule is Cc1cc(C(C)Nc2ccc(F)c(F)c2C#N)c2oc(-c3cncnc3)c(C)c(=O)c2c1. The first-order valence-electron chi connectivity index (χ1n) is 9.79. The van der Waals surface area contributed by atoms with Gasteiger partial charge in [-0.2, -0.15) is 5.26 Å². The summed E-state index contributed by atoms with van der Waals surface area (Å²) < 4.78 is 33.8. The van der Waals surface area contributed by atoms with Crippen LogP contribution in [0.3, 0.4) is 0 Å². The monoisotopic (exact) mass is 432 g/mol. The fourth-order valence-corrected chi connectivity index (χ4v) is 3.67. The normalized spacial score (nSPS) is 11.9. The van der Waals surface area contributed by atoms with E-state index in [0.29, 0.717) is 33.4 Å². The number of aryl methyl sites for hydroxylation is 1. The van der Waals surface area contributed by atoms with Gasteiger partial charge in [0.2, 0.25) is 0 Å². The van der Waals surface area contributed by atoms with Gasteiger partial charge in [0.1, 0.15) is 29.3 Å². The summed E-state index contributed by atoms with van der Waals surface area (Å²) in [6, 6.07) is 7.04. The summed E-state index contributed by atoms with van der Waals surface area (Å²) in [6.07, 6.45) is 4.49. The van der Waals surface area contributed by atoms with E-state index in [9.17, 15) is 18.8 Å². The Morgan fingerprint density at radius 3 is 2.56 bits per heavy atom. The average Bonchev–Trinajstić information content (AvgIpc) is 2.79. The summed E-state index contributed by atoms with van der Waals surface area (Å²) in [7, 11) is 0. The summed E-state index contributed by atoms with van der Waals surface area (Å²) in [4.78, 5) is 21.1. The molecule has 0 aliphatic heterocycles. The topological polar surface area (TPSA) is 91.8 Å². The van der Waals surface area contributed by atoms with Gasteiger partial charge < -0.3 is 9.73 Å². The quantitative estimate of drug-likeness (QED) is 0.477. The smallest absolute Gasteiger partial charge is 0.196 e. The highest BCUT2D eigenvalue weighted by atomic mass is 19.2. The van der Waals surface area contributed by atoms with Crippen molar-refractivity contribution in [2.45, 2.75) is 26.8 Å². The zero-order valence-corrected chi connectivity index (χ0v) is 17.5. The molecule has 0 saturated heterocycles. The molecule has 0 aliphatic rings. The fourth-order valence-electron chi connectivity index (χ4n) is 3.67. The van der Waals surface area contributed by atoms with Crippen LogP contribution in [0.1, 0.15) is 35.2 Å². The number of hydrogen-bond acceptors (Lipinski definition) is 6. The zero-order valence-electron chi connectivity index (χ0n) is 17.5. The van der Waals surface area contributed by atoms with Crippen LogP contribution in [0, 0.1) is 36.8 Å². The second kappa shape index (κ2) is 8.19. The van der Waals surface area contributed by atoms with Crippen LogP contribution in [0.4, 0.5) is 14.5 Å². The van der Waals surface area contributed by atoms with Crippen LogP contribution in [-0.2, 0) is 0 Å². The lowest BCUT2D eigenvalue weighted by molar-refractivity contribution is 0.506. The highest BCUT2D eigenvalue weighted by Gasteiger charge is 2.21. The third kappa shape index (κ3) is 3.58. The predicted octanol–water partition coefficient (Wildman–Crippen LogP) is 5.19. The Morgan fingerprint density at radius 1 is 1.16 bits per heavy atom. The first kappa shape index (κ1) is 21.1. The summed E-state index contributed by atoms with van der Waals surface area (Å²) in [6.45, 7) is 5.31. The Labute approximate surface area is 182 Å². The number of nitriles is 1. The summed E-state index contributed by atoms with van der Waals surface area (Å²) in [5.41, 5.74) is 2.32. The summed E-state index contributed by atoms with van der Waals surface area (Å²) in [5.74, 6) is -1.96. The Kier molecular flexibility index (Phi) is 5.41. The second-order valence-electron chi connectivity index (χ2n) is 7.51. The molecule has 2 aromatic heterocycles. The minimum Gasteiger partial charge on any atom is -0.455 e. The van der Waals surface area contributed by atoms with Crippen LogP contribution in [-0.4, -0.2) is 9.97 Å². The predicted molar refractivity (Wildman–Crippen MR) is 116 cm³/mol. The zero-order chi connectivity index (χ0) is 23.0. The standard InChI is InChI=1S/C24H18F2N4O2/c1-12-6-16(14(3)30-20-5-4-19(25)21(26)18(20)8-27)24-17(7-12)22(31)13(2)23(32-24)15-9-28-11-29-10-15/h4-7,9-11,14,30H,1-3H3. The van der Waals surface area contributed by atoms with E-state index in [1.807, 2.05) is 13.0 Å². The van der Waals surface area contributed by atoms with Crippen molar-refractivity contribution in [3.63, 3.8) is 0 Å². The van der Waals surface area contributed by atoms with Gasteiger partial charge in [-0.05, 0) is 44.5 Å². The molecule has 4 aromatic rings. The molecule has 4 rings (SSSR count). The van der Waals surface area contributed by atoms with Gasteiger partial charge in [-0.3, -0.25) is 4.79 Å². The van der Waals surface area contributed by atoms with E-state index in [2.05, 4.69) is 15.3 Å². The van der Waals surface area contributed by atoms with E-state index in [1.165, 1.54) is 12.4 Å². The van der Waals surface area contributed by atoms with E-state index in [-0.39, 0.29) is 11.1 Å². The lowest BCUT2D eigenvalue weighted by Gasteiger charge is -2.19. The third-order valence-corrected chi connectivity index (χ3v) is 5.26. The van der Waals surface area contributed by atoms with Gasteiger partial charge in [0.05, 0.1) is 22.7 Å². The van der Waals surface area contributed by atoms with E-state index in [1.54, 1.807) is 38.4 Å². The van der Waals surface area contributed by atoms with Gasteiger partial charge in [-0.15, -0.1) is 0 Å². The molecule has 0 bridgehead atoms. The van der Waals surface area contributed by atoms with Crippen molar-refractivity contribution >= 4 is 16.7 Å². The first-order valence-corrected chi connectivity index (χ1v) is 9.79. The maximum atomic E-state index is 14.1. The number of nitrogens with one attached hydrogen (secondary N) is 1. The fraction of sp³-hybridized carbons (Fsp3) is 0.167. The highest BCUT2D eigenvalue weighted by Crippen LogP contribution is 2.32. The Bertz CT molecular complexity index is 1440. The molecule has 0 spiro atoms. The number of fused-ring (bicyclic) bond motifs is 1. The van der Waals surface area contributed by atoms with Crippen LogP contribution < -0.4 is 10.7 Å². The van der Waals surface area contributed by atoms with Crippen molar-refractivity contribution in [2.24, 2.45) is 0 Å². The number of nitrogens with zero attached hydrogens (tertiary/aromatic N) is 3. The van der Waals surface area contributed by atoms with Gasteiger partial charge >= 0.3 is 0 Å². The molecule has 1 atom stereocenters. The lowest BCUT2D eigenvalue weighted by Crippen LogP contribution is -2.13. The van der Waals surface area contributed by atoms with Gasteiger partial charge in [0, 0.05) is 23.5 Å². The molecule has 0 fully saturated rings. The Morgan fingerprint density at radius 2 is 1.88 bits per heavy atom. The first-order chi connectivity index (χ1) is 15.3. The van der Waals surface area contributed by atoms with Gasteiger partial charge in [0.15, 0.2) is 17.1 Å². The van der Waals surface area contributed by atoms with E-state index in [4.69, 9.17) is 4.42 Å². The van der Waals surface area contributed by atoms with Crippen molar-refractivity contribution < 1.29 is 13.2 Å². The third-order valence-electron chi connectivity index (χ3n) is 5.26. The van der Waals surface area contributed by atoms with Crippen molar-refractivity contribution in [1.82, 2.24) is 9.97 Å². The minimum absolute atomic E-state index is 0.139. The molecule has 160 valence electrons. The Hall–Kier alpha value is -4.12. The van der Waals surface area contributed by atoms with Gasteiger partial charge in [0.25, 0.3) is 0 Å². The van der Waals surface area contributed by atoms with Crippen LogP contribution in [0.25, 0.3) is 22.3 Å². The van der Waals surface area contributed by atoms with Crippen LogP contribution >= 0.6 is 0 Å². The molecule has 2 heterocycles. The molecule has 0 amide bonds. The van der Waals surface area contributed by atoms with Crippen molar-refractivity contribution in [3.8, 4) is 17.4 Å². The van der Waals surface area contributed by atoms with Crippen molar-refractivity contribution in [2.75, 3.05) is 5.32 Å². The number of anilines is 1. The molecule has 6 nitrogen and oxygen atoms in total. The molecule has 1 unspecified atom stereocenters. The lowest BCUT2D eigenvalue weighted by atomic mass is 9.99. The van der Waals surface area contributed by atoms with Gasteiger partial charge in [-0.25, -0.2) is 18.7 Å². The maximum absolute atomic E-state index is 14.1. The van der Waals surface area contributed by atoms with E-state index >= 15 is 0 Å². The molecule has 0 aliphatic carbocycles. The van der Waals surface area contributed by atoms with Crippen LogP contribution in [0.2, 0.25) is 0 Å². The molecule has 2 aromatic carbocycles. The van der Waals surface area contributed by atoms with Crippen molar-refractivity contribution in [1.29, 1.82) is 5.26 Å². The van der Waals surface area contributed by atoms with Gasteiger partial charge in [-0.1, -0.05) is 6.07 Å².